The second kappa shape index (κ2) is 8.02. The number of hydrogen-bond acceptors (Lipinski definition) is 4. The maximum Gasteiger partial charge on any atom is 0.267 e. The van der Waals surface area contributed by atoms with Gasteiger partial charge in [-0.3, -0.25) is 9.69 Å². The Balaban J connectivity index is 1.81. The van der Waals surface area contributed by atoms with Crippen molar-refractivity contribution in [2.24, 2.45) is 0 Å². The van der Waals surface area contributed by atoms with E-state index in [1.54, 1.807) is 4.90 Å². The summed E-state index contributed by atoms with van der Waals surface area (Å²) < 4.78 is 0.719. The molecule has 0 aromatic carbocycles. The van der Waals surface area contributed by atoms with Crippen LogP contribution in [0, 0.1) is 0 Å². The molecule has 1 saturated heterocycles. The fourth-order valence-electron chi connectivity index (χ4n) is 4.17. The molecule has 128 valence electrons. The predicted molar refractivity (Wildman–Crippen MR) is 101 cm³/mol. The van der Waals surface area contributed by atoms with E-state index in [1.165, 1.54) is 76.0 Å². The minimum atomic E-state index is 0.110. The van der Waals surface area contributed by atoms with Crippen LogP contribution in [0.1, 0.15) is 71.1 Å². The van der Waals surface area contributed by atoms with E-state index < -0.39 is 0 Å². The summed E-state index contributed by atoms with van der Waals surface area (Å²) in [4.78, 5) is 17.7. The van der Waals surface area contributed by atoms with Crippen molar-refractivity contribution in [1.29, 1.82) is 0 Å². The fourth-order valence-corrected chi connectivity index (χ4v) is 5.53. The summed E-state index contributed by atoms with van der Waals surface area (Å²) in [5.41, 5.74) is 0. The van der Waals surface area contributed by atoms with E-state index >= 15 is 0 Å². The minimum Gasteiger partial charge on any atom is -0.370 e. The zero-order chi connectivity index (χ0) is 16.2. The van der Waals surface area contributed by atoms with Crippen LogP contribution < -0.4 is 0 Å². The molecule has 0 N–H and O–H groups in total. The first-order valence-corrected chi connectivity index (χ1v) is 10.5. The molecule has 0 bridgehead atoms. The third kappa shape index (κ3) is 3.93. The van der Waals surface area contributed by atoms with Gasteiger partial charge in [0, 0.05) is 24.8 Å². The highest BCUT2D eigenvalue weighted by molar-refractivity contribution is 8.26. The number of carbonyl (C=O) groups is 1. The standard InChI is InChI=1S/C18H28N2OS2/c1-2-19-17(21)16(23-18(19)22)13-20(14-9-5-3-6-10-14)15-11-7-4-8-12-15/h13-15H,2-12H2,1H3. The Hall–Kier alpha value is -0.550. The van der Waals surface area contributed by atoms with Crippen LogP contribution >= 0.6 is 24.0 Å². The van der Waals surface area contributed by atoms with Crippen LogP contribution in [0.5, 0.6) is 0 Å². The van der Waals surface area contributed by atoms with E-state index in [9.17, 15) is 4.79 Å². The molecule has 1 aliphatic heterocycles. The average molecular weight is 353 g/mol. The minimum absolute atomic E-state index is 0.110. The predicted octanol–water partition coefficient (Wildman–Crippen LogP) is 4.68. The van der Waals surface area contributed by atoms with Crippen LogP contribution in [0.3, 0.4) is 0 Å². The summed E-state index contributed by atoms with van der Waals surface area (Å²) in [5.74, 6) is 0.110. The molecule has 0 aromatic rings. The first-order chi connectivity index (χ1) is 11.2. The molecule has 23 heavy (non-hydrogen) atoms. The number of thiocarbonyl (C=S) groups is 1. The molecule has 0 spiro atoms. The summed E-state index contributed by atoms with van der Waals surface area (Å²) in [6.07, 6.45) is 15.4. The third-order valence-electron chi connectivity index (χ3n) is 5.45. The van der Waals surface area contributed by atoms with Crippen molar-refractivity contribution in [3.8, 4) is 0 Å². The van der Waals surface area contributed by atoms with Crippen LogP contribution in [0.2, 0.25) is 0 Å². The molecule has 5 heteroatoms. The Labute approximate surface area is 149 Å². The van der Waals surface area contributed by atoms with Gasteiger partial charge in [0.2, 0.25) is 0 Å². The van der Waals surface area contributed by atoms with Gasteiger partial charge in [-0.15, -0.1) is 0 Å². The maximum atomic E-state index is 12.6. The van der Waals surface area contributed by atoms with Crippen molar-refractivity contribution in [1.82, 2.24) is 9.80 Å². The van der Waals surface area contributed by atoms with Gasteiger partial charge in [-0.2, -0.15) is 0 Å². The second-order valence-electron chi connectivity index (χ2n) is 6.94. The number of nitrogens with zero attached hydrogens (tertiary/aromatic N) is 2. The zero-order valence-corrected chi connectivity index (χ0v) is 15.8. The van der Waals surface area contributed by atoms with Crippen LogP contribution in [-0.4, -0.2) is 38.7 Å². The molecule has 3 nitrogen and oxygen atoms in total. The highest BCUT2D eigenvalue weighted by Crippen LogP contribution is 2.35. The van der Waals surface area contributed by atoms with Crippen molar-refractivity contribution in [3.05, 3.63) is 11.1 Å². The fraction of sp³-hybridized carbons (Fsp3) is 0.778. The number of thioether (sulfide) groups is 1. The normalized spacial score (nSPS) is 26.3. The van der Waals surface area contributed by atoms with Crippen molar-refractivity contribution in [2.75, 3.05) is 6.54 Å². The third-order valence-corrected chi connectivity index (χ3v) is 6.81. The van der Waals surface area contributed by atoms with E-state index in [-0.39, 0.29) is 5.91 Å². The van der Waals surface area contributed by atoms with E-state index in [0.29, 0.717) is 18.6 Å². The van der Waals surface area contributed by atoms with Gasteiger partial charge in [0.25, 0.3) is 5.91 Å². The number of rotatable bonds is 4. The molecule has 3 rings (SSSR count). The Kier molecular flexibility index (Phi) is 6.02. The van der Waals surface area contributed by atoms with Gasteiger partial charge in [0.1, 0.15) is 4.32 Å². The van der Waals surface area contributed by atoms with Gasteiger partial charge in [-0.25, -0.2) is 0 Å². The number of hydrogen-bond donors (Lipinski definition) is 0. The van der Waals surface area contributed by atoms with Crippen LogP contribution in [0.15, 0.2) is 11.1 Å². The Bertz CT molecular complexity index is 461. The molecule has 2 saturated carbocycles. The quantitative estimate of drug-likeness (QED) is 0.541. The van der Waals surface area contributed by atoms with Crippen LogP contribution in [-0.2, 0) is 4.79 Å². The van der Waals surface area contributed by atoms with Gasteiger partial charge in [-0.1, -0.05) is 62.5 Å². The van der Waals surface area contributed by atoms with Gasteiger partial charge < -0.3 is 4.90 Å². The summed E-state index contributed by atoms with van der Waals surface area (Å²) in [7, 11) is 0. The van der Waals surface area contributed by atoms with Crippen molar-refractivity contribution in [3.63, 3.8) is 0 Å². The number of likely N-dealkylation sites (N-methyl/N-ethyl adjacent to an activating group) is 1. The largest absolute Gasteiger partial charge is 0.370 e. The number of amides is 1. The van der Waals surface area contributed by atoms with Gasteiger partial charge in [0.15, 0.2) is 0 Å². The molecular formula is C18H28N2OS2. The molecule has 0 atom stereocenters. The molecular weight excluding hydrogens is 324 g/mol. The zero-order valence-electron chi connectivity index (χ0n) is 14.1. The Morgan fingerprint density at radius 3 is 2.04 bits per heavy atom. The SMILES string of the molecule is CCN1C(=O)C(=CN(C2CCCCC2)C2CCCCC2)SC1=S. The van der Waals surface area contributed by atoms with Crippen molar-refractivity contribution >= 4 is 34.2 Å². The molecule has 1 heterocycles. The topological polar surface area (TPSA) is 23.6 Å². The lowest BCUT2D eigenvalue weighted by Gasteiger charge is -2.41. The molecule has 3 aliphatic rings. The first kappa shape index (κ1) is 17.3. The molecule has 0 aromatic heterocycles. The van der Waals surface area contributed by atoms with Crippen molar-refractivity contribution < 1.29 is 4.79 Å². The van der Waals surface area contributed by atoms with E-state index in [4.69, 9.17) is 12.2 Å². The summed E-state index contributed by atoms with van der Waals surface area (Å²) in [6, 6.07) is 1.24. The lowest BCUT2D eigenvalue weighted by molar-refractivity contribution is -0.122. The van der Waals surface area contributed by atoms with Gasteiger partial charge >= 0.3 is 0 Å². The Morgan fingerprint density at radius 1 is 1.09 bits per heavy atom. The van der Waals surface area contributed by atoms with Crippen molar-refractivity contribution in [2.45, 2.75) is 83.2 Å². The summed E-state index contributed by atoms with van der Waals surface area (Å²) >= 11 is 6.86. The molecule has 3 fully saturated rings. The van der Waals surface area contributed by atoms with E-state index in [0.717, 1.165) is 9.23 Å². The molecule has 0 radical (unpaired) electrons. The highest BCUT2D eigenvalue weighted by atomic mass is 32.2. The lowest BCUT2D eigenvalue weighted by Crippen LogP contribution is -2.42. The lowest BCUT2D eigenvalue weighted by atomic mass is 9.89. The van der Waals surface area contributed by atoms with Gasteiger partial charge in [-0.05, 0) is 32.6 Å². The summed E-state index contributed by atoms with van der Waals surface area (Å²) in [5, 5.41) is 0. The van der Waals surface area contributed by atoms with E-state index in [1.807, 2.05) is 6.92 Å². The van der Waals surface area contributed by atoms with Crippen LogP contribution in [0.25, 0.3) is 0 Å². The highest BCUT2D eigenvalue weighted by Gasteiger charge is 2.34. The maximum absolute atomic E-state index is 12.6. The summed E-state index contributed by atoms with van der Waals surface area (Å²) in [6.45, 7) is 2.67. The Morgan fingerprint density at radius 2 is 1.61 bits per heavy atom. The first-order valence-electron chi connectivity index (χ1n) is 9.23. The molecule has 1 amide bonds. The smallest absolute Gasteiger partial charge is 0.267 e. The second-order valence-corrected chi connectivity index (χ2v) is 8.62. The monoisotopic (exact) mass is 352 g/mol. The molecule has 2 aliphatic carbocycles. The number of carbonyl (C=O) groups excluding carboxylic acids is 1. The van der Waals surface area contributed by atoms with Gasteiger partial charge in [0.05, 0.1) is 4.91 Å². The average Bonchev–Trinajstić information content (AvgIpc) is 2.87. The van der Waals surface area contributed by atoms with E-state index in [2.05, 4.69) is 11.1 Å². The molecule has 0 unspecified atom stereocenters. The van der Waals surface area contributed by atoms with Crippen LogP contribution in [0.4, 0.5) is 0 Å².